The zero-order valence-corrected chi connectivity index (χ0v) is 18.3. The van der Waals surface area contributed by atoms with Gasteiger partial charge < -0.3 is 9.47 Å². The maximum atomic E-state index is 12.7. The summed E-state index contributed by atoms with van der Waals surface area (Å²) in [6.45, 7) is 3.98. The monoisotopic (exact) mass is 428 g/mol. The highest BCUT2D eigenvalue weighted by Crippen LogP contribution is 2.25. The summed E-state index contributed by atoms with van der Waals surface area (Å²) in [4.78, 5) is 37.2. The second kappa shape index (κ2) is 12.9. The van der Waals surface area contributed by atoms with Gasteiger partial charge in [-0.25, -0.2) is 0 Å². The van der Waals surface area contributed by atoms with Crippen LogP contribution >= 0.6 is 11.8 Å². The van der Waals surface area contributed by atoms with Gasteiger partial charge in [0.25, 0.3) is 0 Å². The van der Waals surface area contributed by atoms with Crippen LogP contribution in [-0.2, 0) is 14.3 Å². The summed E-state index contributed by atoms with van der Waals surface area (Å²) in [6, 6.07) is 16.1. The largest absolute Gasteiger partial charge is 0.465 e. The third-order valence-corrected chi connectivity index (χ3v) is 5.44. The third-order valence-electron chi connectivity index (χ3n) is 4.33. The molecular formula is C24H28O5S. The number of Topliss-reactive ketones (excluding diaryl/α,β-unsaturated/α-hetero) is 1. The number of hydrogen-bond acceptors (Lipinski definition) is 6. The SMILES string of the molecule is CCCCCC(=O)SC(CC(=O)c1ccc(Oc2ccccc2)cc1)C(=O)OCC. The van der Waals surface area contributed by atoms with Crippen LogP contribution in [0.2, 0.25) is 0 Å². The van der Waals surface area contributed by atoms with E-state index in [2.05, 4.69) is 6.92 Å². The van der Waals surface area contributed by atoms with Gasteiger partial charge in [-0.3, -0.25) is 14.4 Å². The number of carbonyl (C=O) groups is 3. The molecule has 0 fully saturated rings. The molecule has 2 aromatic rings. The average molecular weight is 429 g/mol. The minimum absolute atomic E-state index is 0.0814. The molecule has 160 valence electrons. The predicted molar refractivity (Wildman–Crippen MR) is 119 cm³/mol. The van der Waals surface area contributed by atoms with Crippen molar-refractivity contribution in [1.29, 1.82) is 0 Å². The molecule has 6 heteroatoms. The standard InChI is InChI=1S/C24H28O5S/c1-3-5-7-12-23(26)30-22(24(27)28-4-2)17-21(25)18-13-15-20(16-14-18)29-19-10-8-6-9-11-19/h6,8-11,13-16,22H,3-5,7,12,17H2,1-2H3. The van der Waals surface area contributed by atoms with Crippen molar-refractivity contribution in [3.8, 4) is 11.5 Å². The summed E-state index contributed by atoms with van der Waals surface area (Å²) in [7, 11) is 0. The molecule has 2 rings (SSSR count). The second-order valence-corrected chi connectivity index (χ2v) is 8.01. The van der Waals surface area contributed by atoms with Gasteiger partial charge in [0.05, 0.1) is 6.61 Å². The number of ketones is 1. The summed E-state index contributed by atoms with van der Waals surface area (Å²) in [5, 5.41) is -0.910. The minimum Gasteiger partial charge on any atom is -0.465 e. The normalized spacial score (nSPS) is 11.5. The van der Waals surface area contributed by atoms with Gasteiger partial charge in [0.15, 0.2) is 10.9 Å². The molecule has 0 saturated carbocycles. The van der Waals surface area contributed by atoms with Gasteiger partial charge in [-0.15, -0.1) is 0 Å². The van der Waals surface area contributed by atoms with E-state index in [1.54, 1.807) is 31.2 Å². The first-order valence-corrected chi connectivity index (χ1v) is 11.1. The number of unbranched alkanes of at least 4 members (excludes halogenated alkanes) is 2. The molecule has 0 N–H and O–H groups in total. The topological polar surface area (TPSA) is 69.7 Å². The first kappa shape index (κ1) is 23.7. The molecular weight excluding hydrogens is 400 g/mol. The summed E-state index contributed by atoms with van der Waals surface area (Å²) in [6.07, 6.45) is 3.08. The molecule has 5 nitrogen and oxygen atoms in total. The van der Waals surface area contributed by atoms with Crippen molar-refractivity contribution in [3.63, 3.8) is 0 Å². The van der Waals surface area contributed by atoms with Crippen molar-refractivity contribution in [2.75, 3.05) is 6.61 Å². The van der Waals surface area contributed by atoms with Crippen LogP contribution in [0.1, 0.15) is 56.3 Å². The van der Waals surface area contributed by atoms with Gasteiger partial charge in [-0.05, 0) is 49.7 Å². The van der Waals surface area contributed by atoms with Crippen LogP contribution in [0, 0.1) is 0 Å². The van der Waals surface area contributed by atoms with E-state index in [-0.39, 0.29) is 23.9 Å². The van der Waals surface area contributed by atoms with E-state index < -0.39 is 11.2 Å². The molecule has 0 radical (unpaired) electrons. The maximum absolute atomic E-state index is 12.7. The Morgan fingerprint density at radius 3 is 2.20 bits per heavy atom. The molecule has 1 atom stereocenters. The van der Waals surface area contributed by atoms with E-state index in [4.69, 9.17) is 9.47 Å². The number of benzene rings is 2. The molecule has 0 bridgehead atoms. The second-order valence-electron chi connectivity index (χ2n) is 6.75. The van der Waals surface area contributed by atoms with Crippen LogP contribution in [0.15, 0.2) is 54.6 Å². The first-order valence-electron chi connectivity index (χ1n) is 10.3. The number of rotatable bonds is 12. The number of thioether (sulfide) groups is 1. The summed E-state index contributed by atoms with van der Waals surface area (Å²) in [5.41, 5.74) is 0.462. The van der Waals surface area contributed by atoms with E-state index in [1.807, 2.05) is 30.3 Å². The highest BCUT2D eigenvalue weighted by molar-refractivity contribution is 8.14. The number of hydrogen-bond donors (Lipinski definition) is 0. The van der Waals surface area contributed by atoms with E-state index in [1.165, 1.54) is 0 Å². The van der Waals surface area contributed by atoms with Gasteiger partial charge in [-0.2, -0.15) is 0 Å². The van der Waals surface area contributed by atoms with Crippen molar-refractivity contribution in [2.24, 2.45) is 0 Å². The van der Waals surface area contributed by atoms with Crippen LogP contribution < -0.4 is 4.74 Å². The zero-order chi connectivity index (χ0) is 21.8. The van der Waals surface area contributed by atoms with Gasteiger partial charge in [0.1, 0.15) is 16.7 Å². The van der Waals surface area contributed by atoms with E-state index in [0.29, 0.717) is 23.5 Å². The molecule has 0 saturated heterocycles. The molecule has 0 aliphatic heterocycles. The fraction of sp³-hybridized carbons (Fsp3) is 0.375. The maximum Gasteiger partial charge on any atom is 0.319 e. The van der Waals surface area contributed by atoms with Crippen LogP contribution in [-0.4, -0.2) is 28.7 Å². The Labute approximate surface area is 182 Å². The summed E-state index contributed by atoms with van der Waals surface area (Å²) in [5.74, 6) is 0.578. The lowest BCUT2D eigenvalue weighted by atomic mass is 10.1. The van der Waals surface area contributed by atoms with Crippen LogP contribution in [0.3, 0.4) is 0 Å². The van der Waals surface area contributed by atoms with Crippen molar-refractivity contribution < 1.29 is 23.9 Å². The number of carbonyl (C=O) groups excluding carboxylic acids is 3. The number of ether oxygens (including phenoxy) is 2. The number of para-hydroxylation sites is 1. The molecule has 2 aromatic carbocycles. The summed E-state index contributed by atoms with van der Waals surface area (Å²) < 4.78 is 10.8. The van der Waals surface area contributed by atoms with Gasteiger partial charge >= 0.3 is 5.97 Å². The van der Waals surface area contributed by atoms with Gasteiger partial charge in [0.2, 0.25) is 0 Å². The van der Waals surface area contributed by atoms with Gasteiger partial charge in [-0.1, -0.05) is 49.7 Å². The molecule has 30 heavy (non-hydrogen) atoms. The lowest BCUT2D eigenvalue weighted by Crippen LogP contribution is -2.25. The summed E-state index contributed by atoms with van der Waals surface area (Å²) >= 11 is 0.912. The van der Waals surface area contributed by atoms with E-state index >= 15 is 0 Å². The fourth-order valence-corrected chi connectivity index (χ4v) is 3.74. The highest BCUT2D eigenvalue weighted by atomic mass is 32.2. The highest BCUT2D eigenvalue weighted by Gasteiger charge is 2.27. The predicted octanol–water partition coefficient (Wildman–Crippen LogP) is 5.82. The van der Waals surface area contributed by atoms with E-state index in [0.717, 1.165) is 31.0 Å². The quantitative estimate of drug-likeness (QED) is 0.241. The molecule has 1 unspecified atom stereocenters. The van der Waals surface area contributed by atoms with Crippen molar-refractivity contribution in [2.45, 2.75) is 51.2 Å². The van der Waals surface area contributed by atoms with E-state index in [9.17, 15) is 14.4 Å². The minimum atomic E-state index is -0.827. The van der Waals surface area contributed by atoms with Crippen LogP contribution in [0.25, 0.3) is 0 Å². The first-order chi connectivity index (χ1) is 14.5. The zero-order valence-electron chi connectivity index (χ0n) is 17.5. The molecule has 0 aromatic heterocycles. The molecule has 0 amide bonds. The lowest BCUT2D eigenvalue weighted by Gasteiger charge is -2.14. The Balaban J connectivity index is 1.99. The molecule has 0 aliphatic carbocycles. The Kier molecular flexibility index (Phi) is 10.1. The van der Waals surface area contributed by atoms with Crippen LogP contribution in [0.5, 0.6) is 11.5 Å². The molecule has 0 heterocycles. The number of esters is 1. The Morgan fingerprint density at radius 2 is 1.57 bits per heavy atom. The van der Waals surface area contributed by atoms with Crippen LogP contribution in [0.4, 0.5) is 0 Å². The smallest absolute Gasteiger partial charge is 0.319 e. The van der Waals surface area contributed by atoms with Crippen molar-refractivity contribution >= 4 is 28.6 Å². The fourth-order valence-electron chi connectivity index (χ4n) is 2.76. The third kappa shape index (κ3) is 8.03. The molecule has 0 aliphatic rings. The Bertz CT molecular complexity index is 817. The van der Waals surface area contributed by atoms with Crippen molar-refractivity contribution in [1.82, 2.24) is 0 Å². The lowest BCUT2D eigenvalue weighted by molar-refractivity contribution is -0.142. The molecule has 0 spiro atoms. The Hall–Kier alpha value is -2.60. The van der Waals surface area contributed by atoms with Crippen molar-refractivity contribution in [3.05, 3.63) is 60.2 Å². The average Bonchev–Trinajstić information content (AvgIpc) is 2.75. The van der Waals surface area contributed by atoms with Gasteiger partial charge in [0, 0.05) is 18.4 Å². The Morgan fingerprint density at radius 1 is 0.900 bits per heavy atom.